The summed E-state index contributed by atoms with van der Waals surface area (Å²) >= 11 is 0. The summed E-state index contributed by atoms with van der Waals surface area (Å²) in [6.07, 6.45) is 4.01. The highest BCUT2D eigenvalue weighted by Crippen LogP contribution is 2.28. The number of nitrogens with zero attached hydrogens (tertiary/aromatic N) is 1. The van der Waals surface area contributed by atoms with Crippen LogP contribution >= 0.6 is 0 Å². The number of hydrogen-bond donors (Lipinski definition) is 1. The smallest absolute Gasteiger partial charge is 0.232 e. The van der Waals surface area contributed by atoms with Gasteiger partial charge < -0.3 is 10.1 Å². The van der Waals surface area contributed by atoms with Gasteiger partial charge in [0, 0.05) is 18.4 Å². The van der Waals surface area contributed by atoms with Crippen molar-refractivity contribution in [3.8, 4) is 5.75 Å². The van der Waals surface area contributed by atoms with Crippen molar-refractivity contribution >= 4 is 32.4 Å². The molecule has 7 heteroatoms. The van der Waals surface area contributed by atoms with Crippen LogP contribution in [-0.4, -0.2) is 40.3 Å². The number of sulfonamides is 1. The lowest BCUT2D eigenvalue weighted by atomic mass is 10.1. The molecule has 3 rings (SSSR count). The van der Waals surface area contributed by atoms with E-state index in [0.29, 0.717) is 25.3 Å². The predicted octanol–water partition coefficient (Wildman–Crippen LogP) is 4.53. The number of carbonyl (C=O) groups is 1. The number of hydrogen-bond acceptors (Lipinski definition) is 4. The lowest BCUT2D eigenvalue weighted by Crippen LogP contribution is -2.33. The van der Waals surface area contributed by atoms with Gasteiger partial charge in [0.15, 0.2) is 0 Å². The molecule has 1 N–H and O–H groups in total. The first kappa shape index (κ1) is 24.6. The standard InChI is InChI=1S/C26H32N2O4S/c1-3-8-21-14-16-23(17-15-21)32-20-18-27-26(29)13-7-19-28(33(2,30)31)25-12-6-10-22-9-4-5-11-24(22)25/h4-6,9-12,14-17H,3,7-8,13,18-20H2,1-2H3,(H,27,29). The van der Waals surface area contributed by atoms with Crippen LogP contribution in [0.5, 0.6) is 5.75 Å². The first-order chi connectivity index (χ1) is 15.9. The van der Waals surface area contributed by atoms with Crippen LogP contribution in [0, 0.1) is 0 Å². The quantitative estimate of drug-likeness (QED) is 0.396. The average Bonchev–Trinajstić information content (AvgIpc) is 2.80. The summed E-state index contributed by atoms with van der Waals surface area (Å²) in [4.78, 5) is 12.2. The van der Waals surface area contributed by atoms with Crippen LogP contribution < -0.4 is 14.4 Å². The van der Waals surface area contributed by atoms with Gasteiger partial charge in [-0.25, -0.2) is 8.42 Å². The maximum atomic E-state index is 12.5. The van der Waals surface area contributed by atoms with Crippen LogP contribution in [0.1, 0.15) is 31.7 Å². The molecule has 0 fully saturated rings. The molecule has 1 amide bonds. The molecule has 0 saturated carbocycles. The molecule has 0 bridgehead atoms. The Balaban J connectivity index is 1.47. The van der Waals surface area contributed by atoms with Gasteiger partial charge in [0.1, 0.15) is 12.4 Å². The Kier molecular flexibility index (Phi) is 8.72. The van der Waals surface area contributed by atoms with Crippen molar-refractivity contribution in [3.63, 3.8) is 0 Å². The van der Waals surface area contributed by atoms with Crippen molar-refractivity contribution < 1.29 is 17.9 Å². The average molecular weight is 469 g/mol. The Hall–Kier alpha value is -3.06. The van der Waals surface area contributed by atoms with E-state index in [9.17, 15) is 13.2 Å². The fourth-order valence-electron chi connectivity index (χ4n) is 3.76. The molecule has 0 radical (unpaired) electrons. The zero-order valence-corrected chi connectivity index (χ0v) is 20.1. The Morgan fingerprint density at radius 3 is 2.45 bits per heavy atom. The molecule has 33 heavy (non-hydrogen) atoms. The Bertz CT molecular complexity index is 1160. The van der Waals surface area contributed by atoms with E-state index in [4.69, 9.17) is 4.74 Å². The van der Waals surface area contributed by atoms with Crippen molar-refractivity contribution in [2.75, 3.05) is 30.3 Å². The second kappa shape index (κ2) is 11.7. The number of benzene rings is 3. The van der Waals surface area contributed by atoms with E-state index in [-0.39, 0.29) is 18.9 Å². The van der Waals surface area contributed by atoms with E-state index in [1.807, 2.05) is 48.5 Å². The minimum Gasteiger partial charge on any atom is -0.492 e. The molecule has 0 aromatic heterocycles. The molecule has 0 aliphatic rings. The Morgan fingerprint density at radius 2 is 1.73 bits per heavy atom. The summed E-state index contributed by atoms with van der Waals surface area (Å²) in [6.45, 7) is 3.16. The number of fused-ring (bicyclic) bond motifs is 1. The summed E-state index contributed by atoms with van der Waals surface area (Å²) in [5, 5.41) is 4.68. The lowest BCUT2D eigenvalue weighted by molar-refractivity contribution is -0.121. The molecule has 0 heterocycles. The van der Waals surface area contributed by atoms with Gasteiger partial charge in [-0.15, -0.1) is 0 Å². The zero-order chi connectivity index (χ0) is 23.7. The summed E-state index contributed by atoms with van der Waals surface area (Å²) < 4.78 is 32.0. The molecule has 0 aliphatic heterocycles. The minimum absolute atomic E-state index is 0.122. The van der Waals surface area contributed by atoms with Crippen molar-refractivity contribution in [3.05, 3.63) is 72.3 Å². The normalized spacial score (nSPS) is 11.3. The summed E-state index contributed by atoms with van der Waals surface area (Å²) in [5.74, 6) is 0.659. The van der Waals surface area contributed by atoms with Crippen molar-refractivity contribution in [2.45, 2.75) is 32.6 Å². The van der Waals surface area contributed by atoms with Crippen molar-refractivity contribution in [2.24, 2.45) is 0 Å². The van der Waals surface area contributed by atoms with Gasteiger partial charge in [-0.05, 0) is 42.0 Å². The maximum Gasteiger partial charge on any atom is 0.232 e. The van der Waals surface area contributed by atoms with Crippen molar-refractivity contribution in [1.29, 1.82) is 0 Å². The Morgan fingerprint density at radius 1 is 1.00 bits per heavy atom. The summed E-state index contributed by atoms with van der Waals surface area (Å²) in [5.41, 5.74) is 1.92. The van der Waals surface area contributed by atoms with Crippen LogP contribution in [-0.2, 0) is 21.2 Å². The molecule has 0 saturated heterocycles. The van der Waals surface area contributed by atoms with Crippen LogP contribution in [0.3, 0.4) is 0 Å². The monoisotopic (exact) mass is 468 g/mol. The second-order valence-electron chi connectivity index (χ2n) is 8.03. The molecular weight excluding hydrogens is 436 g/mol. The molecule has 6 nitrogen and oxygen atoms in total. The molecule has 0 spiro atoms. The number of rotatable bonds is 12. The van der Waals surface area contributed by atoms with Crippen LogP contribution in [0.15, 0.2) is 66.7 Å². The third kappa shape index (κ3) is 7.22. The summed E-state index contributed by atoms with van der Waals surface area (Å²) in [7, 11) is -3.48. The summed E-state index contributed by atoms with van der Waals surface area (Å²) in [6, 6.07) is 21.3. The first-order valence-corrected chi connectivity index (χ1v) is 13.2. The third-order valence-electron chi connectivity index (χ3n) is 5.36. The number of carbonyl (C=O) groups excluding carboxylic acids is 1. The largest absolute Gasteiger partial charge is 0.492 e. The number of amides is 1. The van der Waals surface area contributed by atoms with Gasteiger partial charge in [0.05, 0.1) is 18.5 Å². The number of ether oxygens (including phenoxy) is 1. The van der Waals surface area contributed by atoms with Gasteiger partial charge in [0.2, 0.25) is 15.9 Å². The van der Waals surface area contributed by atoms with Gasteiger partial charge in [-0.1, -0.05) is 61.9 Å². The third-order valence-corrected chi connectivity index (χ3v) is 6.54. The molecule has 176 valence electrons. The van der Waals surface area contributed by atoms with Crippen LogP contribution in [0.25, 0.3) is 10.8 Å². The molecular formula is C26H32N2O4S. The number of aryl methyl sites for hydroxylation is 1. The SMILES string of the molecule is CCCc1ccc(OCCNC(=O)CCCN(c2cccc3ccccc23)S(C)(=O)=O)cc1. The van der Waals surface area contributed by atoms with E-state index in [2.05, 4.69) is 24.4 Å². The van der Waals surface area contributed by atoms with Gasteiger partial charge in [-0.2, -0.15) is 0 Å². The highest BCUT2D eigenvalue weighted by atomic mass is 32.2. The van der Waals surface area contributed by atoms with Crippen molar-refractivity contribution in [1.82, 2.24) is 5.32 Å². The highest BCUT2D eigenvalue weighted by Gasteiger charge is 2.19. The molecule has 3 aromatic carbocycles. The molecule has 3 aromatic rings. The first-order valence-electron chi connectivity index (χ1n) is 11.3. The number of anilines is 1. The van der Waals surface area contributed by atoms with E-state index in [1.54, 1.807) is 6.07 Å². The number of nitrogens with one attached hydrogen (secondary N) is 1. The van der Waals surface area contributed by atoms with E-state index >= 15 is 0 Å². The molecule has 0 atom stereocenters. The minimum atomic E-state index is -3.48. The highest BCUT2D eigenvalue weighted by molar-refractivity contribution is 7.92. The predicted molar refractivity (Wildman–Crippen MR) is 134 cm³/mol. The van der Waals surface area contributed by atoms with E-state index in [1.165, 1.54) is 16.1 Å². The Labute approximate surface area is 196 Å². The molecule has 0 aliphatic carbocycles. The zero-order valence-electron chi connectivity index (χ0n) is 19.3. The second-order valence-corrected chi connectivity index (χ2v) is 9.94. The van der Waals surface area contributed by atoms with Gasteiger partial charge >= 0.3 is 0 Å². The fourth-order valence-corrected chi connectivity index (χ4v) is 4.74. The van der Waals surface area contributed by atoms with Crippen LogP contribution in [0.4, 0.5) is 5.69 Å². The van der Waals surface area contributed by atoms with E-state index < -0.39 is 10.0 Å². The van der Waals surface area contributed by atoms with Gasteiger partial charge in [-0.3, -0.25) is 9.10 Å². The van der Waals surface area contributed by atoms with Gasteiger partial charge in [0.25, 0.3) is 0 Å². The lowest BCUT2D eigenvalue weighted by Gasteiger charge is -2.24. The van der Waals surface area contributed by atoms with Crippen LogP contribution in [0.2, 0.25) is 0 Å². The molecule has 0 unspecified atom stereocenters. The van der Waals surface area contributed by atoms with E-state index in [0.717, 1.165) is 29.4 Å². The fraction of sp³-hybridized carbons (Fsp3) is 0.346. The maximum absolute atomic E-state index is 12.5. The topological polar surface area (TPSA) is 75.7 Å².